The van der Waals surface area contributed by atoms with Gasteiger partial charge in [-0.3, -0.25) is 34.0 Å². The number of rotatable bonds is 6. The molecule has 0 bridgehead atoms. The van der Waals surface area contributed by atoms with Gasteiger partial charge in [-0.05, 0) is 36.4 Å². The van der Waals surface area contributed by atoms with Crippen molar-refractivity contribution >= 4 is 35.6 Å². The average Bonchev–Trinajstić information content (AvgIpc) is 3.04. The number of amides is 3. The fourth-order valence-corrected chi connectivity index (χ4v) is 3.71. The van der Waals surface area contributed by atoms with Crippen molar-refractivity contribution in [3.63, 3.8) is 0 Å². The Hall–Kier alpha value is -4.01. The fraction of sp³-hybridized carbons (Fsp3) is 0.227. The van der Waals surface area contributed by atoms with Gasteiger partial charge in [-0.2, -0.15) is 0 Å². The van der Waals surface area contributed by atoms with Gasteiger partial charge in [0.1, 0.15) is 24.4 Å². The standard InChI is InChI=1S/C22H19N3O6/c1-30-14-9-7-13(8-10-14)24-17(11-23-12-18(26)31-2)19(22(24)29)25-20(27)15-5-3-4-6-16(15)21(25)28/h3-11,17,19H,12H2,1-2H3/t17-,19+/m0/s1. The molecule has 0 radical (unpaired) electrons. The molecule has 1 saturated heterocycles. The van der Waals surface area contributed by atoms with Crippen LogP contribution in [-0.4, -0.2) is 67.7 Å². The van der Waals surface area contributed by atoms with E-state index in [0.717, 1.165) is 4.90 Å². The lowest BCUT2D eigenvalue weighted by molar-refractivity contribution is -0.138. The molecule has 0 spiro atoms. The number of hydrogen-bond acceptors (Lipinski definition) is 7. The summed E-state index contributed by atoms with van der Waals surface area (Å²) >= 11 is 0. The highest BCUT2D eigenvalue weighted by molar-refractivity contribution is 6.25. The molecule has 2 aromatic rings. The van der Waals surface area contributed by atoms with Crippen LogP contribution in [0.25, 0.3) is 0 Å². The van der Waals surface area contributed by atoms with Gasteiger partial charge in [0.15, 0.2) is 0 Å². The zero-order valence-corrected chi connectivity index (χ0v) is 16.8. The first-order valence-corrected chi connectivity index (χ1v) is 9.48. The van der Waals surface area contributed by atoms with Crippen molar-refractivity contribution in [3.05, 3.63) is 59.7 Å². The maximum absolute atomic E-state index is 13.1. The van der Waals surface area contributed by atoms with Crippen molar-refractivity contribution in [1.82, 2.24) is 4.90 Å². The molecular weight excluding hydrogens is 402 g/mol. The summed E-state index contributed by atoms with van der Waals surface area (Å²) < 4.78 is 9.72. The number of aliphatic imine (C=N–C) groups is 1. The quantitative estimate of drug-likeness (QED) is 0.301. The van der Waals surface area contributed by atoms with E-state index in [2.05, 4.69) is 9.73 Å². The number of carbonyl (C=O) groups excluding carboxylic acids is 4. The third kappa shape index (κ3) is 3.33. The number of nitrogens with zero attached hydrogens (tertiary/aromatic N) is 3. The summed E-state index contributed by atoms with van der Waals surface area (Å²) in [6, 6.07) is 11.4. The number of anilines is 1. The molecule has 2 aromatic carbocycles. The Kier molecular flexibility index (Phi) is 5.24. The number of carbonyl (C=O) groups is 4. The van der Waals surface area contributed by atoms with E-state index in [-0.39, 0.29) is 17.7 Å². The van der Waals surface area contributed by atoms with Crippen LogP contribution in [0.4, 0.5) is 5.69 Å². The Balaban J connectivity index is 1.66. The Labute approximate surface area is 177 Å². The predicted octanol–water partition coefficient (Wildman–Crippen LogP) is 1.32. The lowest BCUT2D eigenvalue weighted by Gasteiger charge is -2.47. The minimum atomic E-state index is -1.06. The lowest BCUT2D eigenvalue weighted by Crippen LogP contribution is -2.72. The number of imide groups is 1. The number of esters is 1. The van der Waals surface area contributed by atoms with Crippen molar-refractivity contribution < 1.29 is 28.7 Å². The molecule has 2 aliphatic rings. The van der Waals surface area contributed by atoms with Crippen LogP contribution in [0.5, 0.6) is 5.75 Å². The first-order valence-electron chi connectivity index (χ1n) is 9.48. The Bertz CT molecular complexity index is 1060. The van der Waals surface area contributed by atoms with Crippen molar-refractivity contribution in [1.29, 1.82) is 0 Å². The Morgan fingerprint density at radius 2 is 1.58 bits per heavy atom. The summed E-state index contributed by atoms with van der Waals surface area (Å²) in [5.41, 5.74) is 1.06. The van der Waals surface area contributed by atoms with Gasteiger partial charge < -0.3 is 9.47 Å². The molecule has 2 atom stereocenters. The molecule has 2 aliphatic heterocycles. The summed E-state index contributed by atoms with van der Waals surface area (Å²) in [4.78, 5) is 56.8. The van der Waals surface area contributed by atoms with E-state index in [9.17, 15) is 19.2 Å². The highest BCUT2D eigenvalue weighted by atomic mass is 16.5. The molecule has 31 heavy (non-hydrogen) atoms. The lowest BCUT2D eigenvalue weighted by atomic mass is 9.93. The summed E-state index contributed by atoms with van der Waals surface area (Å²) in [7, 11) is 2.78. The summed E-state index contributed by atoms with van der Waals surface area (Å²) in [5.74, 6) is -1.41. The molecule has 1 fully saturated rings. The second kappa shape index (κ2) is 8.02. The third-order valence-corrected chi connectivity index (χ3v) is 5.27. The molecule has 9 nitrogen and oxygen atoms in total. The second-order valence-electron chi connectivity index (χ2n) is 6.93. The molecule has 0 aliphatic carbocycles. The van der Waals surface area contributed by atoms with E-state index >= 15 is 0 Å². The summed E-state index contributed by atoms with van der Waals surface area (Å²) in [6.45, 7) is -0.244. The minimum Gasteiger partial charge on any atom is -0.497 e. The molecular formula is C22H19N3O6. The van der Waals surface area contributed by atoms with Crippen molar-refractivity contribution in [2.45, 2.75) is 12.1 Å². The Morgan fingerprint density at radius 3 is 2.13 bits per heavy atom. The van der Waals surface area contributed by atoms with Gasteiger partial charge in [0.05, 0.1) is 25.3 Å². The molecule has 3 amide bonds. The van der Waals surface area contributed by atoms with E-state index in [1.54, 1.807) is 48.5 Å². The number of benzene rings is 2. The Morgan fingerprint density at radius 1 is 0.968 bits per heavy atom. The second-order valence-corrected chi connectivity index (χ2v) is 6.93. The van der Waals surface area contributed by atoms with Crippen LogP contribution >= 0.6 is 0 Å². The topological polar surface area (TPSA) is 106 Å². The fourth-order valence-electron chi connectivity index (χ4n) is 3.71. The van der Waals surface area contributed by atoms with Crippen LogP contribution in [0.2, 0.25) is 0 Å². The number of fused-ring (bicyclic) bond motifs is 1. The molecule has 158 valence electrons. The molecule has 0 N–H and O–H groups in total. The van der Waals surface area contributed by atoms with Gasteiger partial charge in [0.2, 0.25) is 0 Å². The smallest absolute Gasteiger partial charge is 0.327 e. The maximum atomic E-state index is 13.1. The summed E-state index contributed by atoms with van der Waals surface area (Å²) in [5, 5.41) is 0. The van der Waals surface area contributed by atoms with Crippen LogP contribution in [0.3, 0.4) is 0 Å². The van der Waals surface area contributed by atoms with Crippen molar-refractivity contribution in [2.24, 2.45) is 4.99 Å². The zero-order chi connectivity index (χ0) is 22.1. The van der Waals surface area contributed by atoms with Gasteiger partial charge in [0.25, 0.3) is 17.7 Å². The number of hydrogen-bond donors (Lipinski definition) is 0. The largest absolute Gasteiger partial charge is 0.497 e. The average molecular weight is 421 g/mol. The molecule has 0 saturated carbocycles. The molecule has 9 heteroatoms. The van der Waals surface area contributed by atoms with Gasteiger partial charge >= 0.3 is 5.97 Å². The monoisotopic (exact) mass is 421 g/mol. The highest BCUT2D eigenvalue weighted by Crippen LogP contribution is 2.35. The van der Waals surface area contributed by atoms with Crippen LogP contribution in [0.1, 0.15) is 20.7 Å². The first kappa shape index (κ1) is 20.3. The maximum Gasteiger partial charge on any atom is 0.327 e. The van der Waals surface area contributed by atoms with Gasteiger partial charge in [-0.25, -0.2) is 0 Å². The highest BCUT2D eigenvalue weighted by Gasteiger charge is 2.56. The molecule has 0 aromatic heterocycles. The number of ether oxygens (including phenoxy) is 2. The van der Waals surface area contributed by atoms with Crippen LogP contribution in [0.15, 0.2) is 53.5 Å². The van der Waals surface area contributed by atoms with Crippen molar-refractivity contribution in [2.75, 3.05) is 25.7 Å². The van der Waals surface area contributed by atoms with Crippen LogP contribution in [0, 0.1) is 0 Å². The normalized spacial score (nSPS) is 20.1. The van der Waals surface area contributed by atoms with Crippen LogP contribution in [-0.2, 0) is 14.3 Å². The SMILES string of the molecule is COC(=O)CN=C[C@H]1[C@@H](N2C(=O)c3ccccc3C2=O)C(=O)N1c1ccc(OC)cc1. The molecule has 2 heterocycles. The van der Waals surface area contributed by atoms with E-state index in [4.69, 9.17) is 4.74 Å². The zero-order valence-electron chi connectivity index (χ0n) is 16.8. The summed E-state index contributed by atoms with van der Waals surface area (Å²) in [6.07, 6.45) is 1.40. The molecule has 0 unspecified atom stereocenters. The number of β-lactam (4-membered cyclic amide) rings is 1. The first-order chi connectivity index (χ1) is 15.0. The van der Waals surface area contributed by atoms with E-state index in [1.807, 2.05) is 0 Å². The predicted molar refractivity (Wildman–Crippen MR) is 110 cm³/mol. The van der Waals surface area contributed by atoms with Gasteiger partial charge in [-0.1, -0.05) is 12.1 Å². The third-order valence-electron chi connectivity index (χ3n) is 5.27. The number of methoxy groups -OCH3 is 2. The van der Waals surface area contributed by atoms with E-state index in [0.29, 0.717) is 11.4 Å². The van der Waals surface area contributed by atoms with Crippen LogP contribution < -0.4 is 9.64 Å². The van der Waals surface area contributed by atoms with Gasteiger partial charge in [0, 0.05) is 11.9 Å². The van der Waals surface area contributed by atoms with Gasteiger partial charge in [-0.15, -0.1) is 0 Å². The minimum absolute atomic E-state index is 0.244. The van der Waals surface area contributed by atoms with E-state index < -0.39 is 35.8 Å². The van der Waals surface area contributed by atoms with Crippen molar-refractivity contribution in [3.8, 4) is 5.75 Å². The van der Waals surface area contributed by atoms with E-state index in [1.165, 1.54) is 25.3 Å². The molecule has 4 rings (SSSR count).